The lowest BCUT2D eigenvalue weighted by molar-refractivity contribution is -0.132. The molecule has 0 saturated heterocycles. The number of hydrogen-bond acceptors (Lipinski definition) is 4. The molecule has 4 aromatic rings. The molecule has 1 aliphatic carbocycles. The van der Waals surface area contributed by atoms with Crippen molar-refractivity contribution in [3.05, 3.63) is 83.2 Å². The largest absolute Gasteiger partial charge is 0.419 e. The Kier molecular flexibility index (Phi) is 4.97. The molecule has 0 aliphatic heterocycles. The summed E-state index contributed by atoms with van der Waals surface area (Å²) in [6, 6.07) is 21.7. The molecule has 1 aliphatic rings. The number of carbonyl (C=O) groups is 1. The van der Waals surface area contributed by atoms with Gasteiger partial charge in [-0.3, -0.25) is 4.79 Å². The van der Waals surface area contributed by atoms with E-state index in [1.54, 1.807) is 12.1 Å². The second kappa shape index (κ2) is 7.92. The molecule has 0 bridgehead atoms. The van der Waals surface area contributed by atoms with E-state index in [0.29, 0.717) is 29.8 Å². The van der Waals surface area contributed by atoms with E-state index in [9.17, 15) is 4.79 Å². The van der Waals surface area contributed by atoms with E-state index in [4.69, 9.17) is 16.0 Å². The van der Waals surface area contributed by atoms with Crippen molar-refractivity contribution in [1.29, 1.82) is 0 Å². The predicted octanol–water partition coefficient (Wildman–Crippen LogP) is 5.28. The summed E-state index contributed by atoms with van der Waals surface area (Å²) in [5, 5.41) is 11.2. The average Bonchev–Trinajstić information content (AvgIpc) is 3.50. The molecule has 6 heteroatoms. The predicted molar refractivity (Wildman–Crippen MR) is 116 cm³/mol. The van der Waals surface area contributed by atoms with Crippen molar-refractivity contribution in [1.82, 2.24) is 15.1 Å². The molecule has 0 N–H and O–H groups in total. The van der Waals surface area contributed by atoms with Gasteiger partial charge in [0.05, 0.1) is 13.0 Å². The maximum atomic E-state index is 13.2. The maximum Gasteiger partial charge on any atom is 0.247 e. The van der Waals surface area contributed by atoms with Gasteiger partial charge >= 0.3 is 0 Å². The van der Waals surface area contributed by atoms with Crippen LogP contribution in [0.4, 0.5) is 0 Å². The SMILES string of the molecule is O=C(Cc1cccc2ccccc12)N(Cc1nnc(-c2ccc(Cl)cc2)o1)C1CC1. The van der Waals surface area contributed by atoms with Gasteiger partial charge in [-0.2, -0.15) is 0 Å². The lowest BCUT2D eigenvalue weighted by atomic mass is 10.0. The second-order valence-electron chi connectivity index (χ2n) is 7.58. The van der Waals surface area contributed by atoms with Crippen LogP contribution >= 0.6 is 11.6 Å². The van der Waals surface area contributed by atoms with Gasteiger partial charge in [-0.1, -0.05) is 54.1 Å². The fourth-order valence-corrected chi connectivity index (χ4v) is 3.82. The first kappa shape index (κ1) is 18.8. The first-order chi connectivity index (χ1) is 14.7. The Morgan fingerprint density at radius 3 is 2.57 bits per heavy atom. The van der Waals surface area contributed by atoms with E-state index in [1.165, 1.54) is 0 Å². The minimum Gasteiger partial charge on any atom is -0.419 e. The van der Waals surface area contributed by atoms with Crippen LogP contribution < -0.4 is 0 Å². The molecule has 1 fully saturated rings. The zero-order chi connectivity index (χ0) is 20.5. The van der Waals surface area contributed by atoms with Gasteiger partial charge in [0.25, 0.3) is 0 Å². The number of rotatable bonds is 6. The molecule has 0 radical (unpaired) electrons. The van der Waals surface area contributed by atoms with Crippen LogP contribution in [0.25, 0.3) is 22.2 Å². The Labute approximate surface area is 179 Å². The first-order valence-electron chi connectivity index (χ1n) is 10.0. The molecule has 5 rings (SSSR count). The second-order valence-corrected chi connectivity index (χ2v) is 8.01. The molecule has 1 heterocycles. The van der Waals surface area contributed by atoms with Crippen LogP contribution in [0.15, 0.2) is 71.1 Å². The quantitative estimate of drug-likeness (QED) is 0.428. The molecule has 150 valence electrons. The van der Waals surface area contributed by atoms with Crippen molar-refractivity contribution >= 4 is 28.3 Å². The van der Waals surface area contributed by atoms with Gasteiger partial charge in [0.1, 0.15) is 0 Å². The molecule has 0 spiro atoms. The third-order valence-electron chi connectivity index (χ3n) is 5.39. The molecule has 30 heavy (non-hydrogen) atoms. The summed E-state index contributed by atoms with van der Waals surface area (Å²) >= 11 is 5.94. The molecule has 0 atom stereocenters. The lowest BCUT2D eigenvalue weighted by Crippen LogP contribution is -2.34. The van der Waals surface area contributed by atoms with E-state index in [0.717, 1.165) is 34.7 Å². The fourth-order valence-electron chi connectivity index (χ4n) is 3.69. The maximum absolute atomic E-state index is 13.2. The third-order valence-corrected chi connectivity index (χ3v) is 5.65. The summed E-state index contributed by atoms with van der Waals surface area (Å²) in [5.41, 5.74) is 1.84. The molecule has 1 amide bonds. The third kappa shape index (κ3) is 3.94. The van der Waals surface area contributed by atoms with E-state index < -0.39 is 0 Å². The Balaban J connectivity index is 1.35. The van der Waals surface area contributed by atoms with Gasteiger partial charge in [-0.15, -0.1) is 10.2 Å². The molecule has 5 nitrogen and oxygen atoms in total. The number of halogens is 1. The number of hydrogen-bond donors (Lipinski definition) is 0. The summed E-state index contributed by atoms with van der Waals surface area (Å²) in [6.45, 7) is 0.328. The zero-order valence-electron chi connectivity index (χ0n) is 16.3. The van der Waals surface area contributed by atoms with Crippen LogP contribution in [0.2, 0.25) is 5.02 Å². The van der Waals surface area contributed by atoms with Crippen LogP contribution in [0.3, 0.4) is 0 Å². The highest BCUT2D eigenvalue weighted by Crippen LogP contribution is 2.30. The van der Waals surface area contributed by atoms with Gasteiger partial charge in [0.15, 0.2) is 0 Å². The normalized spacial score (nSPS) is 13.5. The molecule has 3 aromatic carbocycles. The summed E-state index contributed by atoms with van der Waals surface area (Å²) in [7, 11) is 0. The average molecular weight is 418 g/mol. The first-order valence-corrected chi connectivity index (χ1v) is 10.4. The van der Waals surface area contributed by atoms with Crippen LogP contribution in [0.5, 0.6) is 0 Å². The van der Waals surface area contributed by atoms with Crippen LogP contribution in [0, 0.1) is 0 Å². The lowest BCUT2D eigenvalue weighted by Gasteiger charge is -2.21. The minimum absolute atomic E-state index is 0.0834. The smallest absolute Gasteiger partial charge is 0.247 e. The van der Waals surface area contributed by atoms with E-state index in [2.05, 4.69) is 28.4 Å². The Hall–Kier alpha value is -3.18. The van der Waals surface area contributed by atoms with Gasteiger partial charge in [-0.05, 0) is 53.4 Å². The van der Waals surface area contributed by atoms with E-state index in [1.807, 2.05) is 41.3 Å². The van der Waals surface area contributed by atoms with Crippen molar-refractivity contribution in [3.63, 3.8) is 0 Å². The zero-order valence-corrected chi connectivity index (χ0v) is 17.0. The fraction of sp³-hybridized carbons (Fsp3) is 0.208. The highest BCUT2D eigenvalue weighted by atomic mass is 35.5. The standard InChI is InChI=1S/C24H20ClN3O2/c25-19-10-8-17(9-11-19)24-27-26-22(30-24)15-28(20-12-13-20)23(29)14-18-6-3-5-16-4-1-2-7-21(16)18/h1-11,20H,12-15H2. The number of fused-ring (bicyclic) bond motifs is 1. The van der Waals surface area contributed by atoms with Gasteiger partial charge in [-0.25, -0.2) is 0 Å². The molecule has 1 aromatic heterocycles. The number of benzene rings is 3. The summed E-state index contributed by atoms with van der Waals surface area (Å²) in [6.07, 6.45) is 2.38. The highest BCUT2D eigenvalue weighted by molar-refractivity contribution is 6.30. The van der Waals surface area contributed by atoms with Crippen molar-refractivity contribution in [3.8, 4) is 11.5 Å². The van der Waals surface area contributed by atoms with Crippen molar-refractivity contribution in [2.45, 2.75) is 31.8 Å². The van der Waals surface area contributed by atoms with Crippen molar-refractivity contribution in [2.75, 3.05) is 0 Å². The number of aromatic nitrogens is 2. The van der Waals surface area contributed by atoms with Gasteiger partial charge in [0, 0.05) is 16.6 Å². The summed E-state index contributed by atoms with van der Waals surface area (Å²) in [5.74, 6) is 0.956. The van der Waals surface area contributed by atoms with Crippen LogP contribution in [-0.2, 0) is 17.8 Å². The summed E-state index contributed by atoms with van der Waals surface area (Å²) < 4.78 is 5.83. The van der Waals surface area contributed by atoms with Gasteiger partial charge < -0.3 is 9.32 Å². The molecule has 1 saturated carbocycles. The summed E-state index contributed by atoms with van der Waals surface area (Å²) in [4.78, 5) is 15.1. The monoisotopic (exact) mass is 417 g/mol. The molecular weight excluding hydrogens is 398 g/mol. The topological polar surface area (TPSA) is 59.2 Å². The van der Waals surface area contributed by atoms with E-state index in [-0.39, 0.29) is 11.9 Å². The number of nitrogens with zero attached hydrogens (tertiary/aromatic N) is 3. The number of amides is 1. The Morgan fingerprint density at radius 2 is 1.77 bits per heavy atom. The Bertz CT molecular complexity index is 1190. The van der Waals surface area contributed by atoms with Crippen LogP contribution in [0.1, 0.15) is 24.3 Å². The Morgan fingerprint density at radius 1 is 1.00 bits per heavy atom. The highest BCUT2D eigenvalue weighted by Gasteiger charge is 2.33. The number of carbonyl (C=O) groups excluding carboxylic acids is 1. The van der Waals surface area contributed by atoms with Crippen LogP contribution in [-0.4, -0.2) is 27.0 Å². The molecule has 0 unspecified atom stereocenters. The van der Waals surface area contributed by atoms with Crippen molar-refractivity contribution in [2.24, 2.45) is 0 Å². The molecular formula is C24H20ClN3O2. The van der Waals surface area contributed by atoms with Crippen molar-refractivity contribution < 1.29 is 9.21 Å². The van der Waals surface area contributed by atoms with E-state index >= 15 is 0 Å². The minimum atomic E-state index is 0.0834. The van der Waals surface area contributed by atoms with Gasteiger partial charge in [0.2, 0.25) is 17.7 Å².